The second-order valence-corrected chi connectivity index (χ2v) is 5.04. The summed E-state index contributed by atoms with van der Waals surface area (Å²) < 4.78 is 37.6. The molecule has 1 heterocycles. The fourth-order valence-electron chi connectivity index (χ4n) is 2.09. The normalized spacial score (nSPS) is 26.4. The molecule has 1 aliphatic rings. The maximum Gasteiger partial charge on any atom is 0.393 e. The minimum Gasteiger partial charge on any atom is -0.341 e. The first-order chi connectivity index (χ1) is 7.71. The summed E-state index contributed by atoms with van der Waals surface area (Å²) in [5, 5.41) is 0. The number of rotatable bonds is 2. The second-order valence-electron chi connectivity index (χ2n) is 5.04. The van der Waals surface area contributed by atoms with Crippen LogP contribution < -0.4 is 5.73 Å². The van der Waals surface area contributed by atoms with Crippen LogP contribution in [0.3, 0.4) is 0 Å². The lowest BCUT2D eigenvalue weighted by atomic mass is 9.91. The summed E-state index contributed by atoms with van der Waals surface area (Å²) in [5.41, 5.74) is 5.51. The topological polar surface area (TPSA) is 46.3 Å². The number of carbonyl (C=O) groups excluding carboxylic acids is 1. The SMILES string of the molecule is CC(C)CC(=O)N1CCC(C(F)(F)F)C(N)C1. The molecule has 0 aromatic carbocycles. The van der Waals surface area contributed by atoms with Crippen LogP contribution in [0.2, 0.25) is 0 Å². The van der Waals surface area contributed by atoms with Crippen LogP contribution in [0.15, 0.2) is 0 Å². The number of halogens is 3. The maximum absolute atomic E-state index is 12.5. The highest BCUT2D eigenvalue weighted by atomic mass is 19.4. The molecule has 1 amide bonds. The molecule has 1 rings (SSSR count). The first-order valence-electron chi connectivity index (χ1n) is 5.82. The average Bonchev–Trinajstić information content (AvgIpc) is 2.14. The summed E-state index contributed by atoms with van der Waals surface area (Å²) in [4.78, 5) is 13.2. The largest absolute Gasteiger partial charge is 0.393 e. The Morgan fingerprint density at radius 2 is 2.06 bits per heavy atom. The Hall–Kier alpha value is -0.780. The van der Waals surface area contributed by atoms with Crippen molar-refractivity contribution in [1.29, 1.82) is 0 Å². The van der Waals surface area contributed by atoms with Gasteiger partial charge < -0.3 is 10.6 Å². The van der Waals surface area contributed by atoms with Crippen molar-refractivity contribution < 1.29 is 18.0 Å². The number of nitrogens with zero attached hydrogens (tertiary/aromatic N) is 1. The maximum atomic E-state index is 12.5. The Bertz CT molecular complexity index is 278. The minimum absolute atomic E-state index is 0.00965. The van der Waals surface area contributed by atoms with Crippen molar-refractivity contribution >= 4 is 5.91 Å². The van der Waals surface area contributed by atoms with Crippen molar-refractivity contribution in [3.63, 3.8) is 0 Å². The molecule has 2 atom stereocenters. The zero-order valence-corrected chi connectivity index (χ0v) is 10.1. The second kappa shape index (κ2) is 5.25. The van der Waals surface area contributed by atoms with Gasteiger partial charge in [-0.2, -0.15) is 13.2 Å². The molecule has 0 aromatic rings. The standard InChI is InChI=1S/C11H19F3N2O/c1-7(2)5-10(17)16-4-3-8(9(15)6-16)11(12,13)14/h7-9H,3-6,15H2,1-2H3. The number of carbonyl (C=O) groups is 1. The van der Waals surface area contributed by atoms with Crippen LogP contribution in [0.4, 0.5) is 13.2 Å². The molecule has 0 aromatic heterocycles. The van der Waals surface area contributed by atoms with E-state index in [2.05, 4.69) is 0 Å². The molecule has 0 aliphatic carbocycles. The first-order valence-corrected chi connectivity index (χ1v) is 5.82. The highest BCUT2D eigenvalue weighted by Gasteiger charge is 2.46. The highest BCUT2D eigenvalue weighted by Crippen LogP contribution is 2.33. The molecule has 0 spiro atoms. The van der Waals surface area contributed by atoms with Gasteiger partial charge in [0.15, 0.2) is 0 Å². The van der Waals surface area contributed by atoms with Crippen LogP contribution in [-0.4, -0.2) is 36.1 Å². The number of hydrogen-bond acceptors (Lipinski definition) is 2. The third-order valence-corrected chi connectivity index (χ3v) is 3.01. The van der Waals surface area contributed by atoms with E-state index in [0.717, 1.165) is 0 Å². The summed E-state index contributed by atoms with van der Waals surface area (Å²) in [5.74, 6) is -1.37. The van der Waals surface area contributed by atoms with Crippen molar-refractivity contribution in [1.82, 2.24) is 4.90 Å². The van der Waals surface area contributed by atoms with Gasteiger partial charge >= 0.3 is 6.18 Å². The van der Waals surface area contributed by atoms with Crippen LogP contribution in [-0.2, 0) is 4.79 Å². The van der Waals surface area contributed by atoms with Gasteiger partial charge in [0.05, 0.1) is 5.92 Å². The van der Waals surface area contributed by atoms with Gasteiger partial charge in [0.25, 0.3) is 0 Å². The van der Waals surface area contributed by atoms with Crippen molar-refractivity contribution in [2.24, 2.45) is 17.6 Å². The number of nitrogens with two attached hydrogens (primary N) is 1. The summed E-state index contributed by atoms with van der Waals surface area (Å²) in [6.07, 6.45) is -3.98. The van der Waals surface area contributed by atoms with Crippen LogP contribution in [0, 0.1) is 11.8 Å². The van der Waals surface area contributed by atoms with Crippen LogP contribution in [0.25, 0.3) is 0 Å². The summed E-state index contributed by atoms with van der Waals surface area (Å²) >= 11 is 0. The third-order valence-electron chi connectivity index (χ3n) is 3.01. The van der Waals surface area contributed by atoms with E-state index >= 15 is 0 Å². The van der Waals surface area contributed by atoms with Gasteiger partial charge in [-0.1, -0.05) is 13.8 Å². The van der Waals surface area contributed by atoms with E-state index in [0.29, 0.717) is 6.42 Å². The molecule has 6 heteroatoms. The van der Waals surface area contributed by atoms with Crippen LogP contribution in [0.5, 0.6) is 0 Å². The quantitative estimate of drug-likeness (QED) is 0.814. The lowest BCUT2D eigenvalue weighted by Crippen LogP contribution is -2.54. The number of likely N-dealkylation sites (tertiary alicyclic amines) is 1. The molecule has 0 bridgehead atoms. The molecule has 3 nitrogen and oxygen atoms in total. The van der Waals surface area contributed by atoms with Crippen LogP contribution >= 0.6 is 0 Å². The van der Waals surface area contributed by atoms with E-state index in [9.17, 15) is 18.0 Å². The summed E-state index contributed by atoms with van der Waals surface area (Å²) in [6.45, 7) is 3.97. The molecule has 0 saturated carbocycles. The fraction of sp³-hybridized carbons (Fsp3) is 0.909. The van der Waals surface area contributed by atoms with Gasteiger partial charge in [0, 0.05) is 25.6 Å². The van der Waals surface area contributed by atoms with Gasteiger partial charge in [-0.15, -0.1) is 0 Å². The Labute approximate surface area is 99.1 Å². The Morgan fingerprint density at radius 3 is 2.47 bits per heavy atom. The minimum atomic E-state index is -4.26. The van der Waals surface area contributed by atoms with E-state index in [-0.39, 0.29) is 31.3 Å². The van der Waals surface area contributed by atoms with Crippen molar-refractivity contribution in [3.8, 4) is 0 Å². The van der Waals surface area contributed by atoms with Crippen molar-refractivity contribution in [3.05, 3.63) is 0 Å². The van der Waals surface area contributed by atoms with Crippen molar-refractivity contribution in [2.75, 3.05) is 13.1 Å². The predicted molar refractivity (Wildman–Crippen MR) is 58.2 cm³/mol. The van der Waals surface area contributed by atoms with E-state index in [1.54, 1.807) is 0 Å². The van der Waals surface area contributed by atoms with Gasteiger partial charge in [-0.05, 0) is 12.3 Å². The lowest BCUT2D eigenvalue weighted by Gasteiger charge is -2.37. The monoisotopic (exact) mass is 252 g/mol. The zero-order chi connectivity index (χ0) is 13.2. The molecule has 2 unspecified atom stereocenters. The van der Waals surface area contributed by atoms with Crippen molar-refractivity contribution in [2.45, 2.75) is 38.9 Å². The number of amides is 1. The molecule has 1 saturated heterocycles. The molecule has 1 aliphatic heterocycles. The van der Waals surface area contributed by atoms with Crippen LogP contribution in [0.1, 0.15) is 26.7 Å². The third kappa shape index (κ3) is 3.87. The molecular formula is C11H19F3N2O. The first kappa shape index (κ1) is 14.3. The zero-order valence-electron chi connectivity index (χ0n) is 10.1. The number of hydrogen-bond donors (Lipinski definition) is 1. The molecule has 0 radical (unpaired) electrons. The van der Waals surface area contributed by atoms with Gasteiger partial charge in [0.2, 0.25) is 5.91 Å². The van der Waals surface area contributed by atoms with Gasteiger partial charge in [0.1, 0.15) is 0 Å². The molecule has 2 N–H and O–H groups in total. The summed E-state index contributed by atoms with van der Waals surface area (Å²) in [6, 6.07) is -1.00. The number of alkyl halides is 3. The molecule has 1 fully saturated rings. The Morgan fingerprint density at radius 1 is 1.47 bits per heavy atom. The Kier molecular flexibility index (Phi) is 4.41. The molecular weight excluding hydrogens is 233 g/mol. The van der Waals surface area contributed by atoms with E-state index in [4.69, 9.17) is 5.73 Å². The van der Waals surface area contributed by atoms with E-state index < -0.39 is 18.1 Å². The molecule has 17 heavy (non-hydrogen) atoms. The summed E-state index contributed by atoms with van der Waals surface area (Å²) in [7, 11) is 0. The smallest absolute Gasteiger partial charge is 0.341 e. The highest BCUT2D eigenvalue weighted by molar-refractivity contribution is 5.76. The average molecular weight is 252 g/mol. The fourth-order valence-corrected chi connectivity index (χ4v) is 2.09. The predicted octanol–water partition coefficient (Wildman–Crippen LogP) is 1.77. The molecule has 100 valence electrons. The Balaban J connectivity index is 2.55. The van der Waals surface area contributed by atoms with E-state index in [1.807, 2.05) is 13.8 Å². The van der Waals surface area contributed by atoms with E-state index in [1.165, 1.54) is 4.90 Å². The van der Waals surface area contributed by atoms with Gasteiger partial charge in [-0.25, -0.2) is 0 Å². The lowest BCUT2D eigenvalue weighted by molar-refractivity contribution is -0.191. The van der Waals surface area contributed by atoms with Gasteiger partial charge in [-0.3, -0.25) is 4.79 Å². The number of piperidine rings is 1.